The molecule has 4 heteroatoms. The van der Waals surface area contributed by atoms with Crippen molar-refractivity contribution in [3.05, 3.63) is 0 Å². The predicted molar refractivity (Wildman–Crippen MR) is 34.1 cm³/mol. The van der Waals surface area contributed by atoms with E-state index in [2.05, 4.69) is 10.3 Å². The van der Waals surface area contributed by atoms with Gasteiger partial charge in [0, 0.05) is 12.8 Å². The van der Waals surface area contributed by atoms with Gasteiger partial charge in [-0.25, -0.2) is 0 Å². The molecule has 9 heavy (non-hydrogen) atoms. The summed E-state index contributed by atoms with van der Waals surface area (Å²) in [6, 6.07) is 0. The van der Waals surface area contributed by atoms with Crippen LogP contribution in [0.3, 0.4) is 0 Å². The van der Waals surface area contributed by atoms with Gasteiger partial charge in [-0.15, -0.1) is 0 Å². The van der Waals surface area contributed by atoms with Crippen molar-refractivity contribution in [1.29, 1.82) is 0 Å². The lowest BCUT2D eigenvalue weighted by Crippen LogP contribution is -2.42. The Morgan fingerprint density at radius 2 is 2.67 bits per heavy atom. The Morgan fingerprint density at radius 1 is 1.89 bits per heavy atom. The first kappa shape index (κ1) is 6.22. The molecule has 3 N–H and O–H groups in total. The molecule has 0 saturated carbocycles. The Balaban J connectivity index is 2.50. The van der Waals surface area contributed by atoms with Crippen LogP contribution in [0.5, 0.6) is 0 Å². The first-order valence-electron chi connectivity index (χ1n) is 2.85. The van der Waals surface area contributed by atoms with Crippen molar-refractivity contribution in [2.24, 2.45) is 10.7 Å². The molecule has 0 aliphatic carbocycles. The second kappa shape index (κ2) is 2.59. The van der Waals surface area contributed by atoms with Crippen LogP contribution in [-0.4, -0.2) is 24.8 Å². The Morgan fingerprint density at radius 3 is 3.00 bits per heavy atom. The van der Waals surface area contributed by atoms with E-state index < -0.39 is 12.1 Å². The number of hydrogen-bond donors (Lipinski definition) is 2. The molecule has 1 amide bonds. The van der Waals surface area contributed by atoms with Gasteiger partial charge in [0.2, 0.25) is 0 Å². The van der Waals surface area contributed by atoms with E-state index in [9.17, 15) is 4.79 Å². The Hall–Kier alpha value is -0.900. The smallest absolute Gasteiger partial charge is 0.256 e. The lowest BCUT2D eigenvalue weighted by molar-refractivity contribution is -0.119. The average molecular weight is 127 g/mol. The summed E-state index contributed by atoms with van der Waals surface area (Å²) in [5.41, 5.74) is 4.95. The highest BCUT2D eigenvalue weighted by Crippen LogP contribution is 1.90. The number of amides is 1. The van der Waals surface area contributed by atoms with Crippen molar-refractivity contribution < 1.29 is 4.79 Å². The third kappa shape index (κ3) is 1.50. The van der Waals surface area contributed by atoms with Crippen molar-refractivity contribution in [3.63, 3.8) is 0 Å². The van der Waals surface area contributed by atoms with Crippen molar-refractivity contribution in [2.45, 2.75) is 12.6 Å². The Bertz CT molecular complexity index is 143. The van der Waals surface area contributed by atoms with E-state index in [1.807, 2.05) is 0 Å². The van der Waals surface area contributed by atoms with Crippen molar-refractivity contribution >= 4 is 12.1 Å². The molecule has 0 saturated heterocycles. The van der Waals surface area contributed by atoms with Gasteiger partial charge >= 0.3 is 0 Å². The molecule has 0 aromatic rings. The van der Waals surface area contributed by atoms with Gasteiger partial charge in [-0.05, 0) is 6.42 Å². The van der Waals surface area contributed by atoms with Gasteiger partial charge in [-0.3, -0.25) is 15.1 Å². The molecule has 50 valence electrons. The van der Waals surface area contributed by atoms with Gasteiger partial charge in [-0.2, -0.15) is 0 Å². The molecule has 0 spiro atoms. The lowest BCUT2D eigenvalue weighted by Gasteiger charge is -2.13. The van der Waals surface area contributed by atoms with Gasteiger partial charge in [-0.1, -0.05) is 0 Å². The minimum Gasteiger partial charge on any atom is -0.367 e. The second-order valence-electron chi connectivity index (χ2n) is 1.88. The summed E-state index contributed by atoms with van der Waals surface area (Å²) in [6.07, 6.45) is 2.11. The zero-order chi connectivity index (χ0) is 6.69. The van der Waals surface area contributed by atoms with E-state index in [0.29, 0.717) is 0 Å². The molecule has 0 radical (unpaired) electrons. The van der Waals surface area contributed by atoms with Crippen molar-refractivity contribution in [3.8, 4) is 0 Å². The highest BCUT2D eigenvalue weighted by molar-refractivity contribution is 5.81. The molecular formula is C5H9N3O. The molecule has 0 aromatic heterocycles. The first-order chi connectivity index (χ1) is 4.30. The lowest BCUT2D eigenvalue weighted by atomic mass is 10.3. The molecular weight excluding hydrogens is 118 g/mol. The number of carbonyl (C=O) groups is 1. The number of rotatable bonds is 1. The summed E-state index contributed by atoms with van der Waals surface area (Å²) >= 11 is 0. The predicted octanol–water partition coefficient (Wildman–Crippen LogP) is -1.14. The third-order valence-electron chi connectivity index (χ3n) is 1.14. The number of carbonyl (C=O) groups excluding carboxylic acids is 1. The number of primary amides is 1. The van der Waals surface area contributed by atoms with Crippen molar-refractivity contribution in [2.75, 3.05) is 6.54 Å². The van der Waals surface area contributed by atoms with E-state index >= 15 is 0 Å². The topological polar surface area (TPSA) is 67.5 Å². The minimum absolute atomic E-state index is 0.411. The van der Waals surface area contributed by atoms with Gasteiger partial charge in [0.15, 0.2) is 6.17 Å². The van der Waals surface area contributed by atoms with E-state index in [-0.39, 0.29) is 0 Å². The normalized spacial score (nSPS) is 26.0. The molecule has 0 fully saturated rings. The average Bonchev–Trinajstić information content (AvgIpc) is 1.90. The highest BCUT2D eigenvalue weighted by Gasteiger charge is 2.12. The Labute approximate surface area is 53.1 Å². The molecule has 1 heterocycles. The van der Waals surface area contributed by atoms with Gasteiger partial charge in [0.1, 0.15) is 0 Å². The van der Waals surface area contributed by atoms with Crippen LogP contribution in [-0.2, 0) is 4.79 Å². The first-order valence-corrected chi connectivity index (χ1v) is 2.85. The van der Waals surface area contributed by atoms with E-state index in [4.69, 9.17) is 5.73 Å². The van der Waals surface area contributed by atoms with Crippen molar-refractivity contribution in [1.82, 2.24) is 5.32 Å². The van der Waals surface area contributed by atoms with E-state index in [1.165, 1.54) is 0 Å². The maximum absolute atomic E-state index is 10.4. The SMILES string of the molecule is NC(=O)C1N=CCCN1. The second-order valence-corrected chi connectivity index (χ2v) is 1.88. The molecule has 0 bridgehead atoms. The van der Waals surface area contributed by atoms with Gasteiger partial charge < -0.3 is 5.73 Å². The maximum Gasteiger partial charge on any atom is 0.256 e. The number of nitrogens with two attached hydrogens (primary N) is 1. The maximum atomic E-state index is 10.4. The number of aliphatic imine (C=N–C) groups is 1. The van der Waals surface area contributed by atoms with Crippen LogP contribution in [0.1, 0.15) is 6.42 Å². The van der Waals surface area contributed by atoms with Gasteiger partial charge in [0.05, 0.1) is 0 Å². The largest absolute Gasteiger partial charge is 0.367 e. The van der Waals surface area contributed by atoms with Crippen LogP contribution in [0, 0.1) is 0 Å². The highest BCUT2D eigenvalue weighted by atomic mass is 16.1. The van der Waals surface area contributed by atoms with Crippen LogP contribution < -0.4 is 11.1 Å². The fourth-order valence-corrected chi connectivity index (χ4v) is 0.691. The summed E-state index contributed by atoms with van der Waals surface area (Å²) in [6.45, 7) is 0.789. The molecule has 0 aromatic carbocycles. The number of nitrogens with one attached hydrogen (secondary N) is 1. The number of nitrogens with zero attached hydrogens (tertiary/aromatic N) is 1. The minimum atomic E-state index is -0.487. The van der Waals surface area contributed by atoms with Crippen LogP contribution in [0.15, 0.2) is 4.99 Å². The third-order valence-corrected chi connectivity index (χ3v) is 1.14. The number of hydrogen-bond acceptors (Lipinski definition) is 3. The molecule has 1 rings (SSSR count). The summed E-state index contributed by atoms with van der Waals surface area (Å²) in [5.74, 6) is -0.411. The van der Waals surface area contributed by atoms with Gasteiger partial charge in [0.25, 0.3) is 5.91 Å². The van der Waals surface area contributed by atoms with E-state index in [1.54, 1.807) is 6.21 Å². The Kier molecular flexibility index (Phi) is 1.79. The monoisotopic (exact) mass is 127 g/mol. The molecule has 1 atom stereocenters. The standard InChI is InChI=1S/C5H9N3O/c6-4(9)5-7-2-1-3-8-5/h2,5,8H,1,3H2,(H2,6,9). The zero-order valence-corrected chi connectivity index (χ0v) is 5.00. The van der Waals surface area contributed by atoms with Crippen LogP contribution in [0.4, 0.5) is 0 Å². The molecule has 1 unspecified atom stereocenters. The van der Waals surface area contributed by atoms with Crippen LogP contribution in [0.2, 0.25) is 0 Å². The fourth-order valence-electron chi connectivity index (χ4n) is 0.691. The van der Waals surface area contributed by atoms with Crippen LogP contribution in [0.25, 0.3) is 0 Å². The summed E-state index contributed by atoms with van der Waals surface area (Å²) < 4.78 is 0. The quantitative estimate of drug-likeness (QED) is 0.467. The van der Waals surface area contributed by atoms with Crippen LogP contribution >= 0.6 is 0 Å². The summed E-state index contributed by atoms with van der Waals surface area (Å²) in [4.78, 5) is 14.2. The summed E-state index contributed by atoms with van der Waals surface area (Å²) in [7, 11) is 0. The summed E-state index contributed by atoms with van der Waals surface area (Å²) in [5, 5.41) is 2.85. The molecule has 4 nitrogen and oxygen atoms in total. The zero-order valence-electron chi connectivity index (χ0n) is 5.00. The molecule has 1 aliphatic heterocycles. The molecule has 1 aliphatic rings. The fraction of sp³-hybridized carbons (Fsp3) is 0.600. The van der Waals surface area contributed by atoms with E-state index in [0.717, 1.165) is 13.0 Å².